The van der Waals surface area contributed by atoms with Crippen molar-refractivity contribution < 1.29 is 9.53 Å². The van der Waals surface area contributed by atoms with Crippen molar-refractivity contribution in [1.29, 1.82) is 0 Å². The Labute approximate surface area is 118 Å². The maximum Gasteiger partial charge on any atom is 0.225 e. The predicted octanol–water partition coefficient (Wildman–Crippen LogP) is 2.12. The molecule has 104 valence electrons. The molecule has 2 N–H and O–H groups in total. The average Bonchev–Trinajstić information content (AvgIpc) is 2.40. The number of benzene rings is 1. The van der Waals surface area contributed by atoms with Gasteiger partial charge in [0.2, 0.25) is 5.91 Å². The van der Waals surface area contributed by atoms with Crippen molar-refractivity contribution in [2.24, 2.45) is 0 Å². The Morgan fingerprint density at radius 3 is 3.21 bits per heavy atom. The number of rotatable bonds is 5. The first-order chi connectivity index (χ1) is 9.28. The fourth-order valence-electron chi connectivity index (χ4n) is 2.02. The van der Waals surface area contributed by atoms with Gasteiger partial charge in [-0.1, -0.05) is 6.07 Å². The molecule has 0 aliphatic carbocycles. The lowest BCUT2D eigenvalue weighted by atomic mass is 10.2. The van der Waals surface area contributed by atoms with Crippen molar-refractivity contribution in [3.63, 3.8) is 0 Å². The number of ether oxygens (including phenoxy) is 1. The molecule has 1 aromatic rings. The highest BCUT2D eigenvalue weighted by Gasteiger charge is 2.16. The Balaban J connectivity index is 1.85. The molecule has 1 heterocycles. The van der Waals surface area contributed by atoms with E-state index in [4.69, 9.17) is 4.74 Å². The molecular weight excluding hydrogens is 260 g/mol. The number of hydrogen-bond acceptors (Lipinski definition) is 4. The molecule has 19 heavy (non-hydrogen) atoms. The molecule has 4 nitrogen and oxygen atoms in total. The molecule has 1 fully saturated rings. The van der Waals surface area contributed by atoms with E-state index in [2.05, 4.69) is 10.6 Å². The Morgan fingerprint density at radius 1 is 1.58 bits per heavy atom. The summed E-state index contributed by atoms with van der Waals surface area (Å²) in [5.74, 6) is 2.97. The topological polar surface area (TPSA) is 50.4 Å². The summed E-state index contributed by atoms with van der Waals surface area (Å²) in [6.45, 7) is 3.56. The van der Waals surface area contributed by atoms with Crippen LogP contribution in [0, 0.1) is 0 Å². The molecular formula is C14H20N2O2S. The molecule has 1 unspecified atom stereocenters. The van der Waals surface area contributed by atoms with Gasteiger partial charge in [0.25, 0.3) is 0 Å². The molecule has 0 spiro atoms. The molecule has 0 bridgehead atoms. The monoisotopic (exact) mass is 280 g/mol. The van der Waals surface area contributed by atoms with E-state index in [0.29, 0.717) is 13.0 Å². The summed E-state index contributed by atoms with van der Waals surface area (Å²) >= 11 is 1.90. The van der Waals surface area contributed by atoms with E-state index in [1.165, 1.54) is 0 Å². The van der Waals surface area contributed by atoms with E-state index in [1.54, 1.807) is 0 Å². The minimum atomic E-state index is 0.0497. The Hall–Kier alpha value is -1.20. The van der Waals surface area contributed by atoms with Crippen LogP contribution in [0.5, 0.6) is 5.75 Å². The van der Waals surface area contributed by atoms with Crippen molar-refractivity contribution in [3.8, 4) is 5.75 Å². The smallest absolute Gasteiger partial charge is 0.225 e. The molecule has 2 rings (SSSR count). The van der Waals surface area contributed by atoms with Gasteiger partial charge in [-0.05, 0) is 19.1 Å². The molecule has 1 saturated heterocycles. The predicted molar refractivity (Wildman–Crippen MR) is 80.0 cm³/mol. The lowest BCUT2D eigenvalue weighted by Gasteiger charge is -2.22. The van der Waals surface area contributed by atoms with Crippen molar-refractivity contribution >= 4 is 23.4 Å². The number of thioether (sulfide) groups is 1. The van der Waals surface area contributed by atoms with E-state index in [-0.39, 0.29) is 11.9 Å². The van der Waals surface area contributed by atoms with Crippen LogP contribution in [0.2, 0.25) is 0 Å². The second-order valence-electron chi connectivity index (χ2n) is 4.44. The number of hydrogen-bond donors (Lipinski definition) is 2. The molecule has 1 aliphatic rings. The maximum atomic E-state index is 11.9. The molecule has 1 aromatic carbocycles. The summed E-state index contributed by atoms with van der Waals surface area (Å²) in [6, 6.07) is 7.79. The number of amides is 1. The second-order valence-corrected chi connectivity index (χ2v) is 5.59. The van der Waals surface area contributed by atoms with Crippen molar-refractivity contribution in [1.82, 2.24) is 5.32 Å². The lowest BCUT2D eigenvalue weighted by Crippen LogP contribution is -2.39. The third-order valence-corrected chi connectivity index (χ3v) is 3.99. The summed E-state index contributed by atoms with van der Waals surface area (Å²) in [6.07, 6.45) is 0.520. The highest BCUT2D eigenvalue weighted by atomic mass is 32.2. The van der Waals surface area contributed by atoms with Gasteiger partial charge < -0.3 is 15.4 Å². The summed E-state index contributed by atoms with van der Waals surface area (Å²) in [4.78, 5) is 11.9. The fraction of sp³-hybridized carbons (Fsp3) is 0.500. The minimum absolute atomic E-state index is 0.0497. The van der Waals surface area contributed by atoms with E-state index in [1.807, 2.05) is 43.0 Å². The van der Waals surface area contributed by atoms with Gasteiger partial charge in [-0.2, -0.15) is 11.8 Å². The molecule has 1 amide bonds. The van der Waals surface area contributed by atoms with Crippen LogP contribution in [0.4, 0.5) is 5.69 Å². The first kappa shape index (κ1) is 14.2. The highest BCUT2D eigenvalue weighted by Crippen LogP contribution is 2.18. The van der Waals surface area contributed by atoms with E-state index >= 15 is 0 Å². The van der Waals surface area contributed by atoms with Gasteiger partial charge in [-0.25, -0.2) is 0 Å². The first-order valence-corrected chi connectivity index (χ1v) is 7.77. The summed E-state index contributed by atoms with van der Waals surface area (Å²) < 4.78 is 5.41. The Morgan fingerprint density at radius 2 is 2.47 bits per heavy atom. The number of nitrogens with one attached hydrogen (secondary N) is 2. The SMILES string of the molecule is CCOc1cccc(NC(=O)CC2CSCCN2)c1. The molecule has 0 radical (unpaired) electrons. The van der Waals surface area contributed by atoms with Gasteiger partial charge in [0.1, 0.15) is 5.75 Å². The van der Waals surface area contributed by atoms with Gasteiger partial charge >= 0.3 is 0 Å². The van der Waals surface area contributed by atoms with E-state index < -0.39 is 0 Å². The highest BCUT2D eigenvalue weighted by molar-refractivity contribution is 7.99. The first-order valence-electron chi connectivity index (χ1n) is 6.62. The van der Waals surface area contributed by atoms with Crippen LogP contribution in [-0.2, 0) is 4.79 Å². The maximum absolute atomic E-state index is 11.9. The largest absolute Gasteiger partial charge is 0.494 e. The van der Waals surface area contributed by atoms with Crippen LogP contribution >= 0.6 is 11.8 Å². The zero-order valence-corrected chi connectivity index (χ0v) is 12.0. The van der Waals surface area contributed by atoms with Gasteiger partial charge in [-0.3, -0.25) is 4.79 Å². The number of carbonyl (C=O) groups excluding carboxylic acids is 1. The third-order valence-electron chi connectivity index (χ3n) is 2.86. The zero-order chi connectivity index (χ0) is 13.5. The van der Waals surface area contributed by atoms with E-state index in [0.717, 1.165) is 29.5 Å². The average molecular weight is 280 g/mol. The number of anilines is 1. The molecule has 0 aromatic heterocycles. The van der Waals surface area contributed by atoms with Crippen LogP contribution < -0.4 is 15.4 Å². The summed E-state index contributed by atoms with van der Waals surface area (Å²) in [5, 5.41) is 6.28. The van der Waals surface area contributed by atoms with Crippen molar-refractivity contribution in [2.45, 2.75) is 19.4 Å². The normalized spacial score (nSPS) is 18.9. The van der Waals surface area contributed by atoms with Crippen LogP contribution in [0.25, 0.3) is 0 Å². The molecule has 1 aliphatic heterocycles. The summed E-state index contributed by atoms with van der Waals surface area (Å²) in [7, 11) is 0. The Bertz CT molecular complexity index is 420. The summed E-state index contributed by atoms with van der Waals surface area (Å²) in [5.41, 5.74) is 0.791. The quantitative estimate of drug-likeness (QED) is 0.867. The second kappa shape index (κ2) is 7.40. The van der Waals surface area contributed by atoms with E-state index in [9.17, 15) is 4.79 Å². The molecule has 1 atom stereocenters. The van der Waals surface area contributed by atoms with Gasteiger partial charge in [0, 0.05) is 42.3 Å². The number of carbonyl (C=O) groups is 1. The minimum Gasteiger partial charge on any atom is -0.494 e. The van der Waals surface area contributed by atoms with Crippen molar-refractivity contribution in [3.05, 3.63) is 24.3 Å². The van der Waals surface area contributed by atoms with Gasteiger partial charge in [0.15, 0.2) is 0 Å². The van der Waals surface area contributed by atoms with Crippen LogP contribution in [-0.4, -0.2) is 36.6 Å². The van der Waals surface area contributed by atoms with Crippen molar-refractivity contribution in [2.75, 3.05) is 30.0 Å². The van der Waals surface area contributed by atoms with Crippen LogP contribution in [0.15, 0.2) is 24.3 Å². The lowest BCUT2D eigenvalue weighted by molar-refractivity contribution is -0.116. The standard InChI is InChI=1S/C14H20N2O2S/c1-2-18-13-5-3-4-11(8-13)16-14(17)9-12-10-19-7-6-15-12/h3-5,8,12,15H,2,6-7,9-10H2,1H3,(H,16,17). The van der Waals surface area contributed by atoms with Crippen LogP contribution in [0.1, 0.15) is 13.3 Å². The molecule has 0 saturated carbocycles. The zero-order valence-electron chi connectivity index (χ0n) is 11.1. The van der Waals surface area contributed by atoms with Gasteiger partial charge in [-0.15, -0.1) is 0 Å². The fourth-order valence-corrected chi connectivity index (χ4v) is 2.97. The molecule has 5 heteroatoms. The Kier molecular flexibility index (Phi) is 5.54. The van der Waals surface area contributed by atoms with Gasteiger partial charge in [0.05, 0.1) is 6.61 Å². The third kappa shape index (κ3) is 4.76. The van der Waals surface area contributed by atoms with Crippen LogP contribution in [0.3, 0.4) is 0 Å².